The van der Waals surface area contributed by atoms with Crippen LogP contribution in [0.25, 0.3) is 0 Å². The molecule has 0 amide bonds. The fourth-order valence-corrected chi connectivity index (χ4v) is 2.57. The first kappa shape index (κ1) is 13.9. The summed E-state index contributed by atoms with van der Waals surface area (Å²) in [5.41, 5.74) is 0.328. The first-order valence-corrected chi connectivity index (χ1v) is 6.41. The molecule has 1 aliphatic heterocycles. The zero-order chi connectivity index (χ0) is 14.0. The van der Waals surface area contributed by atoms with Gasteiger partial charge in [0.2, 0.25) is 0 Å². The second-order valence-corrected chi connectivity index (χ2v) is 4.99. The standard InChI is InChI=1S/C14H17F2NO2/c1-9(12-8-11(15)2-3-13(12)16)17-6-4-10(5-7-17)14(18)19/h2-3,8-10H,4-7H2,1H3,(H,18,19). The summed E-state index contributed by atoms with van der Waals surface area (Å²) in [5, 5.41) is 8.93. The van der Waals surface area contributed by atoms with Gasteiger partial charge in [-0.15, -0.1) is 0 Å². The van der Waals surface area contributed by atoms with Crippen LogP contribution in [0.1, 0.15) is 31.4 Å². The van der Waals surface area contributed by atoms with Crippen LogP contribution in [-0.4, -0.2) is 29.1 Å². The third-order valence-electron chi connectivity index (χ3n) is 3.83. The second kappa shape index (κ2) is 5.65. The van der Waals surface area contributed by atoms with Gasteiger partial charge >= 0.3 is 5.97 Å². The van der Waals surface area contributed by atoms with Crippen molar-refractivity contribution < 1.29 is 18.7 Å². The van der Waals surface area contributed by atoms with Gasteiger partial charge < -0.3 is 5.11 Å². The Labute approximate surface area is 110 Å². The maximum Gasteiger partial charge on any atom is 0.306 e. The molecule has 1 aromatic carbocycles. The Bertz CT molecular complexity index is 471. The van der Waals surface area contributed by atoms with Crippen molar-refractivity contribution in [2.24, 2.45) is 5.92 Å². The fourth-order valence-electron chi connectivity index (χ4n) is 2.57. The van der Waals surface area contributed by atoms with E-state index in [1.807, 2.05) is 11.8 Å². The molecule has 1 fully saturated rings. The second-order valence-electron chi connectivity index (χ2n) is 4.99. The van der Waals surface area contributed by atoms with Crippen LogP contribution in [-0.2, 0) is 4.79 Å². The molecule has 0 radical (unpaired) electrons. The van der Waals surface area contributed by atoms with Crippen molar-refractivity contribution in [3.05, 3.63) is 35.4 Å². The van der Waals surface area contributed by atoms with Crippen LogP contribution < -0.4 is 0 Å². The van der Waals surface area contributed by atoms with E-state index < -0.39 is 17.6 Å². The predicted octanol–water partition coefficient (Wildman–Crippen LogP) is 2.82. The Morgan fingerprint density at radius 2 is 2.00 bits per heavy atom. The SMILES string of the molecule is CC(c1cc(F)ccc1F)N1CCC(C(=O)O)CC1. The summed E-state index contributed by atoms with van der Waals surface area (Å²) in [4.78, 5) is 12.9. The molecule has 0 aromatic heterocycles. The Kier molecular flexibility index (Phi) is 4.14. The quantitative estimate of drug-likeness (QED) is 0.917. The number of carboxylic acid groups (broad SMARTS) is 1. The van der Waals surface area contributed by atoms with Crippen LogP contribution in [0, 0.1) is 17.6 Å². The lowest BCUT2D eigenvalue weighted by Gasteiger charge is -2.35. The van der Waals surface area contributed by atoms with Gasteiger partial charge in [-0.2, -0.15) is 0 Å². The van der Waals surface area contributed by atoms with Crippen LogP contribution in [0.15, 0.2) is 18.2 Å². The Morgan fingerprint density at radius 3 is 2.58 bits per heavy atom. The molecule has 0 aliphatic carbocycles. The maximum atomic E-state index is 13.7. The van der Waals surface area contributed by atoms with Crippen molar-refractivity contribution in [2.75, 3.05) is 13.1 Å². The molecule has 1 unspecified atom stereocenters. The van der Waals surface area contributed by atoms with E-state index in [0.29, 0.717) is 31.5 Å². The van der Waals surface area contributed by atoms with E-state index in [0.717, 1.165) is 12.1 Å². The molecule has 1 aliphatic rings. The molecular formula is C14H17F2NO2. The summed E-state index contributed by atoms with van der Waals surface area (Å²) < 4.78 is 26.9. The van der Waals surface area contributed by atoms with Gasteiger partial charge in [0.15, 0.2) is 0 Å². The first-order chi connectivity index (χ1) is 8.99. The van der Waals surface area contributed by atoms with Gasteiger partial charge in [-0.25, -0.2) is 8.78 Å². The lowest BCUT2D eigenvalue weighted by atomic mass is 9.94. The Morgan fingerprint density at radius 1 is 1.37 bits per heavy atom. The number of hydrogen-bond donors (Lipinski definition) is 1. The van der Waals surface area contributed by atoms with Gasteiger partial charge in [0, 0.05) is 11.6 Å². The number of rotatable bonds is 3. The van der Waals surface area contributed by atoms with Gasteiger partial charge in [0.25, 0.3) is 0 Å². The van der Waals surface area contributed by atoms with E-state index in [1.165, 1.54) is 6.07 Å². The average Bonchev–Trinajstić information content (AvgIpc) is 2.41. The van der Waals surface area contributed by atoms with Crippen molar-refractivity contribution in [3.8, 4) is 0 Å². The highest BCUT2D eigenvalue weighted by atomic mass is 19.1. The summed E-state index contributed by atoms with van der Waals surface area (Å²) >= 11 is 0. The molecule has 1 aromatic rings. The average molecular weight is 269 g/mol. The fraction of sp³-hybridized carbons (Fsp3) is 0.500. The van der Waals surface area contributed by atoms with Crippen molar-refractivity contribution in [3.63, 3.8) is 0 Å². The molecule has 0 bridgehead atoms. The van der Waals surface area contributed by atoms with Crippen molar-refractivity contribution in [1.82, 2.24) is 4.90 Å². The Balaban J connectivity index is 2.07. The molecular weight excluding hydrogens is 252 g/mol. The molecule has 5 heteroatoms. The molecule has 1 saturated heterocycles. The number of benzene rings is 1. The van der Waals surface area contributed by atoms with Crippen molar-refractivity contribution in [1.29, 1.82) is 0 Å². The van der Waals surface area contributed by atoms with Gasteiger partial charge in [0.05, 0.1) is 5.92 Å². The molecule has 0 spiro atoms. The highest BCUT2D eigenvalue weighted by molar-refractivity contribution is 5.70. The molecule has 3 nitrogen and oxygen atoms in total. The topological polar surface area (TPSA) is 40.5 Å². The molecule has 0 saturated carbocycles. The predicted molar refractivity (Wildman–Crippen MR) is 66.7 cm³/mol. The minimum absolute atomic E-state index is 0.245. The molecule has 2 rings (SSSR count). The number of carboxylic acids is 1. The zero-order valence-corrected chi connectivity index (χ0v) is 10.8. The minimum Gasteiger partial charge on any atom is -0.481 e. The van der Waals surface area contributed by atoms with Gasteiger partial charge in [-0.05, 0) is 51.1 Å². The largest absolute Gasteiger partial charge is 0.481 e. The van der Waals surface area contributed by atoms with Crippen LogP contribution in [0.5, 0.6) is 0 Å². The first-order valence-electron chi connectivity index (χ1n) is 6.41. The molecule has 1 N–H and O–H groups in total. The lowest BCUT2D eigenvalue weighted by Crippen LogP contribution is -2.38. The summed E-state index contributed by atoms with van der Waals surface area (Å²) in [6.07, 6.45) is 1.10. The molecule has 1 heterocycles. The normalized spacial score (nSPS) is 19.3. The summed E-state index contributed by atoms with van der Waals surface area (Å²) in [6.45, 7) is 3.00. The highest BCUT2D eigenvalue weighted by Crippen LogP contribution is 2.28. The summed E-state index contributed by atoms with van der Waals surface area (Å²) in [7, 11) is 0. The number of halogens is 2. The molecule has 1 atom stereocenters. The number of likely N-dealkylation sites (tertiary alicyclic amines) is 1. The lowest BCUT2D eigenvalue weighted by molar-refractivity contribution is -0.143. The molecule has 19 heavy (non-hydrogen) atoms. The van der Waals surface area contributed by atoms with Gasteiger partial charge in [-0.1, -0.05) is 0 Å². The van der Waals surface area contributed by atoms with Crippen LogP contribution in [0.4, 0.5) is 8.78 Å². The summed E-state index contributed by atoms with van der Waals surface area (Å²) in [6, 6.07) is 3.20. The number of carbonyl (C=O) groups is 1. The number of hydrogen-bond acceptors (Lipinski definition) is 2. The number of piperidine rings is 1. The van der Waals surface area contributed by atoms with E-state index in [4.69, 9.17) is 5.11 Å². The number of aliphatic carboxylic acids is 1. The minimum atomic E-state index is -0.774. The third kappa shape index (κ3) is 3.10. The van der Waals surface area contributed by atoms with Crippen LogP contribution in [0.2, 0.25) is 0 Å². The van der Waals surface area contributed by atoms with E-state index in [2.05, 4.69) is 0 Å². The van der Waals surface area contributed by atoms with E-state index in [9.17, 15) is 13.6 Å². The monoisotopic (exact) mass is 269 g/mol. The van der Waals surface area contributed by atoms with E-state index in [-0.39, 0.29) is 12.0 Å². The van der Waals surface area contributed by atoms with E-state index >= 15 is 0 Å². The van der Waals surface area contributed by atoms with Crippen molar-refractivity contribution in [2.45, 2.75) is 25.8 Å². The molecule has 104 valence electrons. The van der Waals surface area contributed by atoms with Gasteiger partial charge in [-0.3, -0.25) is 9.69 Å². The Hall–Kier alpha value is -1.49. The summed E-state index contributed by atoms with van der Waals surface area (Å²) in [5.74, 6) is -1.97. The van der Waals surface area contributed by atoms with E-state index in [1.54, 1.807) is 0 Å². The van der Waals surface area contributed by atoms with Crippen molar-refractivity contribution >= 4 is 5.97 Å². The third-order valence-corrected chi connectivity index (χ3v) is 3.83. The van der Waals surface area contributed by atoms with Crippen LogP contribution >= 0.6 is 0 Å². The zero-order valence-electron chi connectivity index (χ0n) is 10.8. The smallest absolute Gasteiger partial charge is 0.306 e. The number of nitrogens with zero attached hydrogens (tertiary/aromatic N) is 1. The van der Waals surface area contributed by atoms with Gasteiger partial charge in [0.1, 0.15) is 11.6 Å². The highest BCUT2D eigenvalue weighted by Gasteiger charge is 2.28. The maximum absolute atomic E-state index is 13.7. The van der Waals surface area contributed by atoms with Crippen LogP contribution in [0.3, 0.4) is 0 Å².